The molecular formula is C13H16O4. The second-order valence-electron chi connectivity index (χ2n) is 4.29. The van der Waals surface area contributed by atoms with Crippen LogP contribution >= 0.6 is 0 Å². The van der Waals surface area contributed by atoms with E-state index in [0.717, 1.165) is 23.3 Å². The summed E-state index contributed by atoms with van der Waals surface area (Å²) in [4.78, 5) is 11.0. The van der Waals surface area contributed by atoms with E-state index in [0.29, 0.717) is 6.42 Å². The first-order valence-corrected chi connectivity index (χ1v) is 5.55. The number of benzene rings is 1. The Morgan fingerprint density at radius 3 is 2.82 bits per heavy atom. The molecule has 2 rings (SSSR count). The molecule has 17 heavy (non-hydrogen) atoms. The van der Waals surface area contributed by atoms with E-state index in [2.05, 4.69) is 0 Å². The third-order valence-electron chi connectivity index (χ3n) is 3.43. The lowest BCUT2D eigenvalue weighted by Gasteiger charge is -2.27. The van der Waals surface area contributed by atoms with Gasteiger partial charge < -0.3 is 14.6 Å². The first kappa shape index (κ1) is 11.9. The molecule has 1 N–H and O–H groups in total. The molecule has 1 aliphatic rings. The molecule has 0 amide bonds. The van der Waals surface area contributed by atoms with Crippen LogP contribution in [0.25, 0.3) is 0 Å². The van der Waals surface area contributed by atoms with Gasteiger partial charge in [-0.25, -0.2) is 0 Å². The summed E-state index contributed by atoms with van der Waals surface area (Å²) in [5.74, 6) is -0.111. The maximum Gasteiger partial charge on any atom is 0.306 e. The Bertz CT molecular complexity index is 441. The van der Waals surface area contributed by atoms with Gasteiger partial charge in [0.2, 0.25) is 0 Å². The van der Waals surface area contributed by atoms with E-state index in [4.69, 9.17) is 14.6 Å². The van der Waals surface area contributed by atoms with Crippen molar-refractivity contribution in [1.29, 1.82) is 0 Å². The maximum absolute atomic E-state index is 11.0. The van der Waals surface area contributed by atoms with Gasteiger partial charge in [-0.3, -0.25) is 4.79 Å². The Hall–Kier alpha value is -1.55. The van der Waals surface area contributed by atoms with Gasteiger partial charge in [-0.2, -0.15) is 0 Å². The molecule has 0 aromatic heterocycles. The van der Waals surface area contributed by atoms with E-state index < -0.39 is 11.6 Å². The first-order chi connectivity index (χ1) is 8.11. The van der Waals surface area contributed by atoms with Crippen molar-refractivity contribution in [3.63, 3.8) is 0 Å². The largest absolute Gasteiger partial charge is 0.497 e. The van der Waals surface area contributed by atoms with Crippen LogP contribution in [0.4, 0.5) is 0 Å². The Kier molecular flexibility index (Phi) is 3.07. The van der Waals surface area contributed by atoms with Crippen LogP contribution in [0.5, 0.6) is 5.75 Å². The summed E-state index contributed by atoms with van der Waals surface area (Å²) in [5.41, 5.74) is 1.39. The quantitative estimate of drug-likeness (QED) is 0.868. The molecule has 1 unspecified atom stereocenters. The van der Waals surface area contributed by atoms with E-state index in [1.54, 1.807) is 14.2 Å². The second kappa shape index (κ2) is 4.37. The molecule has 1 aromatic rings. The number of methoxy groups -OCH3 is 2. The highest BCUT2D eigenvalue weighted by Gasteiger charge is 2.41. The fraction of sp³-hybridized carbons (Fsp3) is 0.462. The number of hydrogen-bond donors (Lipinski definition) is 1. The van der Waals surface area contributed by atoms with E-state index in [1.807, 2.05) is 18.2 Å². The van der Waals surface area contributed by atoms with Gasteiger partial charge in [0.15, 0.2) is 0 Å². The molecule has 0 fully saturated rings. The van der Waals surface area contributed by atoms with Crippen molar-refractivity contribution in [2.45, 2.75) is 24.9 Å². The number of carboxylic acid groups (broad SMARTS) is 1. The molecular weight excluding hydrogens is 220 g/mol. The van der Waals surface area contributed by atoms with Crippen molar-refractivity contribution >= 4 is 5.97 Å². The van der Waals surface area contributed by atoms with Crippen LogP contribution < -0.4 is 4.74 Å². The summed E-state index contributed by atoms with van der Waals surface area (Å²) in [7, 11) is 3.17. The molecule has 1 atom stereocenters. The van der Waals surface area contributed by atoms with Crippen molar-refractivity contribution in [3.8, 4) is 5.75 Å². The number of carbonyl (C=O) groups is 1. The summed E-state index contributed by atoms with van der Waals surface area (Å²) in [6, 6.07) is 5.76. The van der Waals surface area contributed by atoms with Crippen LogP contribution in [0.2, 0.25) is 0 Å². The molecule has 1 aliphatic carbocycles. The minimum atomic E-state index is -0.845. The Morgan fingerprint density at radius 2 is 2.24 bits per heavy atom. The predicted octanol–water partition coefficient (Wildman–Crippen LogP) is 1.96. The molecule has 0 bridgehead atoms. The zero-order valence-electron chi connectivity index (χ0n) is 10.0. The number of aryl methyl sites for hydroxylation is 1. The van der Waals surface area contributed by atoms with E-state index >= 15 is 0 Å². The highest BCUT2D eigenvalue weighted by Crippen LogP contribution is 2.43. The minimum absolute atomic E-state index is 0.0103. The van der Waals surface area contributed by atoms with Crippen molar-refractivity contribution in [1.82, 2.24) is 0 Å². The average Bonchev–Trinajstić information content (AvgIpc) is 2.67. The zero-order valence-corrected chi connectivity index (χ0v) is 10.0. The lowest BCUT2D eigenvalue weighted by atomic mass is 9.92. The Morgan fingerprint density at radius 1 is 1.47 bits per heavy atom. The Balaban J connectivity index is 2.44. The van der Waals surface area contributed by atoms with Gasteiger partial charge in [0.1, 0.15) is 11.4 Å². The molecule has 0 saturated carbocycles. The number of carboxylic acids is 1. The molecule has 0 heterocycles. The maximum atomic E-state index is 11.0. The van der Waals surface area contributed by atoms with Gasteiger partial charge in [0.25, 0.3) is 0 Å². The monoisotopic (exact) mass is 236 g/mol. The molecule has 4 nitrogen and oxygen atoms in total. The molecule has 4 heteroatoms. The second-order valence-corrected chi connectivity index (χ2v) is 4.29. The summed E-state index contributed by atoms with van der Waals surface area (Å²) < 4.78 is 10.7. The molecule has 0 radical (unpaired) electrons. The van der Waals surface area contributed by atoms with Crippen molar-refractivity contribution in [3.05, 3.63) is 29.3 Å². The zero-order chi connectivity index (χ0) is 12.5. The molecule has 1 aromatic carbocycles. The third-order valence-corrected chi connectivity index (χ3v) is 3.43. The minimum Gasteiger partial charge on any atom is -0.497 e. The summed E-state index contributed by atoms with van der Waals surface area (Å²) in [6.45, 7) is 0. The highest BCUT2D eigenvalue weighted by atomic mass is 16.5. The average molecular weight is 236 g/mol. The molecule has 0 spiro atoms. The Labute approximate surface area is 100 Å². The van der Waals surface area contributed by atoms with Gasteiger partial charge in [-0.05, 0) is 36.1 Å². The number of hydrogen-bond acceptors (Lipinski definition) is 3. The van der Waals surface area contributed by atoms with E-state index in [-0.39, 0.29) is 6.42 Å². The topological polar surface area (TPSA) is 55.8 Å². The van der Waals surface area contributed by atoms with Gasteiger partial charge in [0, 0.05) is 7.11 Å². The highest BCUT2D eigenvalue weighted by molar-refractivity contribution is 5.69. The number of ether oxygens (including phenoxy) is 2. The smallest absolute Gasteiger partial charge is 0.306 e. The van der Waals surface area contributed by atoms with Crippen LogP contribution in [-0.4, -0.2) is 25.3 Å². The third kappa shape index (κ3) is 2.00. The van der Waals surface area contributed by atoms with Gasteiger partial charge in [0.05, 0.1) is 13.5 Å². The van der Waals surface area contributed by atoms with Crippen LogP contribution in [-0.2, 0) is 21.6 Å². The van der Waals surface area contributed by atoms with Crippen LogP contribution in [0, 0.1) is 0 Å². The first-order valence-electron chi connectivity index (χ1n) is 5.55. The molecule has 0 aliphatic heterocycles. The molecule has 92 valence electrons. The lowest BCUT2D eigenvalue weighted by molar-refractivity contribution is -0.144. The van der Waals surface area contributed by atoms with Gasteiger partial charge in [-0.15, -0.1) is 0 Å². The van der Waals surface area contributed by atoms with Gasteiger partial charge >= 0.3 is 5.97 Å². The van der Waals surface area contributed by atoms with Gasteiger partial charge in [-0.1, -0.05) is 6.07 Å². The normalized spacial score (nSPS) is 22.2. The summed E-state index contributed by atoms with van der Waals surface area (Å²) in [6.07, 6.45) is 1.54. The van der Waals surface area contributed by atoms with Crippen LogP contribution in [0.15, 0.2) is 18.2 Å². The summed E-state index contributed by atoms with van der Waals surface area (Å²) >= 11 is 0. The fourth-order valence-electron chi connectivity index (χ4n) is 2.51. The van der Waals surface area contributed by atoms with E-state index in [1.165, 1.54) is 0 Å². The number of rotatable bonds is 4. The van der Waals surface area contributed by atoms with Crippen LogP contribution in [0.3, 0.4) is 0 Å². The fourth-order valence-corrected chi connectivity index (χ4v) is 2.51. The van der Waals surface area contributed by atoms with Crippen molar-refractivity contribution in [2.24, 2.45) is 0 Å². The molecule has 0 saturated heterocycles. The summed E-state index contributed by atoms with van der Waals surface area (Å²) in [5, 5.41) is 9.01. The van der Waals surface area contributed by atoms with Crippen molar-refractivity contribution in [2.75, 3.05) is 14.2 Å². The number of fused-ring (bicyclic) bond motifs is 1. The SMILES string of the molecule is COc1ccc2c(c1)C(CC(=O)O)(OC)CC2. The van der Waals surface area contributed by atoms with E-state index in [9.17, 15) is 4.79 Å². The van der Waals surface area contributed by atoms with Crippen molar-refractivity contribution < 1.29 is 19.4 Å². The standard InChI is InChI=1S/C13H16O4/c1-16-10-4-3-9-5-6-13(17-2,8-12(14)15)11(9)7-10/h3-4,7H,5-6,8H2,1-2H3,(H,14,15). The lowest BCUT2D eigenvalue weighted by Crippen LogP contribution is -2.28. The number of aliphatic carboxylic acids is 1. The predicted molar refractivity (Wildman–Crippen MR) is 62.3 cm³/mol. The van der Waals surface area contributed by atoms with Crippen LogP contribution in [0.1, 0.15) is 24.0 Å².